The van der Waals surface area contributed by atoms with E-state index in [2.05, 4.69) is 26.3 Å². The minimum absolute atomic E-state index is 0.319. The summed E-state index contributed by atoms with van der Waals surface area (Å²) in [4.78, 5) is 18.4. The normalized spacial score (nSPS) is 29.7. The molecule has 0 N–H and O–H groups in total. The van der Waals surface area contributed by atoms with E-state index in [4.69, 9.17) is 0 Å². The Kier molecular flexibility index (Phi) is 3.46. The second kappa shape index (κ2) is 5.32. The molecule has 6 heteroatoms. The van der Waals surface area contributed by atoms with Crippen LogP contribution in [0.3, 0.4) is 0 Å². The molecule has 0 aliphatic carbocycles. The van der Waals surface area contributed by atoms with Crippen molar-refractivity contribution < 1.29 is 4.79 Å². The number of aromatic nitrogens is 2. The van der Waals surface area contributed by atoms with Gasteiger partial charge in [0.2, 0.25) is 5.91 Å². The minimum atomic E-state index is 0.319. The highest BCUT2D eigenvalue weighted by atomic mass is 32.1. The average Bonchev–Trinajstić information content (AvgIpc) is 3.05. The Morgan fingerprint density at radius 2 is 2.10 bits per heavy atom. The molecule has 4 rings (SSSR count). The molecular formula is C15H22N4OS. The largest absolute Gasteiger partial charge is 0.342 e. The summed E-state index contributed by atoms with van der Waals surface area (Å²) in [7, 11) is 0. The molecule has 2 fully saturated rings. The second-order valence-electron chi connectivity index (χ2n) is 6.77. The topological polar surface area (TPSA) is 49.3 Å². The summed E-state index contributed by atoms with van der Waals surface area (Å²) in [6, 6.07) is 0.894. The molecule has 4 heterocycles. The van der Waals surface area contributed by atoms with Crippen molar-refractivity contribution in [1.82, 2.24) is 19.4 Å². The number of fused-ring (bicyclic) bond motifs is 4. The van der Waals surface area contributed by atoms with Crippen LogP contribution in [0.4, 0.5) is 0 Å². The first kappa shape index (κ1) is 13.6. The van der Waals surface area contributed by atoms with Crippen LogP contribution < -0.4 is 0 Å². The fraction of sp³-hybridized carbons (Fsp3) is 0.800. The number of hydrogen-bond donors (Lipinski definition) is 0. The molecule has 0 aromatic carbocycles. The third-order valence-corrected chi connectivity index (χ3v) is 6.28. The number of likely N-dealkylation sites (tertiary alicyclic amines) is 1. The van der Waals surface area contributed by atoms with Gasteiger partial charge in [-0.1, -0.05) is 11.4 Å². The molecule has 2 saturated heterocycles. The van der Waals surface area contributed by atoms with E-state index in [1.165, 1.54) is 28.5 Å². The molecule has 114 valence electrons. The zero-order valence-corrected chi connectivity index (χ0v) is 13.3. The summed E-state index contributed by atoms with van der Waals surface area (Å²) in [5, 5.41) is 4.26. The van der Waals surface area contributed by atoms with Crippen LogP contribution >= 0.6 is 11.5 Å². The maximum atomic E-state index is 12.6. The molecule has 21 heavy (non-hydrogen) atoms. The van der Waals surface area contributed by atoms with Crippen LogP contribution in [0.1, 0.15) is 49.2 Å². The van der Waals surface area contributed by atoms with Gasteiger partial charge in [-0.3, -0.25) is 9.69 Å². The molecule has 0 radical (unpaired) electrons. The van der Waals surface area contributed by atoms with E-state index in [0.29, 0.717) is 24.5 Å². The number of carbonyl (C=O) groups is 1. The standard InChI is InChI=1S/C15H22N4OS/c1-10-4-6-18(7-5-10)14(20)9-19-11-2-3-13(19)15-12(8-11)16-17-21-15/h10-11,13H,2-9H2,1H3. The predicted octanol–water partition coefficient (Wildman–Crippen LogP) is 1.86. The van der Waals surface area contributed by atoms with Gasteiger partial charge in [-0.05, 0) is 43.1 Å². The molecule has 1 amide bonds. The summed E-state index contributed by atoms with van der Waals surface area (Å²) in [5.74, 6) is 1.09. The smallest absolute Gasteiger partial charge is 0.236 e. The van der Waals surface area contributed by atoms with Crippen molar-refractivity contribution in [3.8, 4) is 0 Å². The number of carbonyl (C=O) groups excluding carboxylic acids is 1. The maximum Gasteiger partial charge on any atom is 0.236 e. The van der Waals surface area contributed by atoms with Crippen molar-refractivity contribution in [2.24, 2.45) is 5.92 Å². The van der Waals surface area contributed by atoms with Crippen LogP contribution in [0, 0.1) is 5.92 Å². The highest BCUT2D eigenvalue weighted by Crippen LogP contribution is 2.44. The van der Waals surface area contributed by atoms with E-state index < -0.39 is 0 Å². The monoisotopic (exact) mass is 306 g/mol. The number of amides is 1. The zero-order chi connectivity index (χ0) is 14.4. The van der Waals surface area contributed by atoms with E-state index in [9.17, 15) is 4.79 Å². The van der Waals surface area contributed by atoms with E-state index in [-0.39, 0.29) is 0 Å². The van der Waals surface area contributed by atoms with Crippen LogP contribution in [-0.2, 0) is 11.2 Å². The van der Waals surface area contributed by atoms with Crippen LogP contribution in [0.2, 0.25) is 0 Å². The van der Waals surface area contributed by atoms with Gasteiger partial charge < -0.3 is 4.90 Å². The molecule has 1 aromatic heterocycles. The predicted molar refractivity (Wildman–Crippen MR) is 81.1 cm³/mol. The van der Waals surface area contributed by atoms with Crippen LogP contribution in [0.5, 0.6) is 0 Å². The Morgan fingerprint density at radius 1 is 1.29 bits per heavy atom. The van der Waals surface area contributed by atoms with Gasteiger partial charge in [0.05, 0.1) is 17.1 Å². The maximum absolute atomic E-state index is 12.6. The highest BCUT2D eigenvalue weighted by Gasteiger charge is 2.43. The van der Waals surface area contributed by atoms with Gasteiger partial charge in [-0.2, -0.15) is 0 Å². The molecule has 5 nitrogen and oxygen atoms in total. The van der Waals surface area contributed by atoms with Crippen molar-refractivity contribution in [2.45, 2.75) is 51.1 Å². The van der Waals surface area contributed by atoms with Gasteiger partial charge >= 0.3 is 0 Å². The molecule has 3 aliphatic rings. The summed E-state index contributed by atoms with van der Waals surface area (Å²) in [6.07, 6.45) is 5.64. The van der Waals surface area contributed by atoms with Crippen LogP contribution in [0.25, 0.3) is 0 Å². The third kappa shape index (κ3) is 2.38. The first-order valence-corrected chi connectivity index (χ1v) is 8.84. The number of rotatable bonds is 2. The Morgan fingerprint density at radius 3 is 2.90 bits per heavy atom. The van der Waals surface area contributed by atoms with E-state index in [0.717, 1.165) is 44.7 Å². The Labute approximate surface area is 129 Å². The lowest BCUT2D eigenvalue weighted by Crippen LogP contribution is -2.47. The number of hydrogen-bond acceptors (Lipinski definition) is 5. The van der Waals surface area contributed by atoms with Gasteiger partial charge in [0.1, 0.15) is 0 Å². The lowest BCUT2D eigenvalue weighted by molar-refractivity contribution is -0.134. The quantitative estimate of drug-likeness (QED) is 0.837. The van der Waals surface area contributed by atoms with Gasteiger partial charge in [0, 0.05) is 31.6 Å². The Hall–Kier alpha value is -1.01. The fourth-order valence-electron chi connectivity index (χ4n) is 4.02. The summed E-state index contributed by atoms with van der Waals surface area (Å²) in [5.41, 5.74) is 1.18. The number of piperidine rings is 1. The molecule has 3 aliphatic heterocycles. The summed E-state index contributed by atoms with van der Waals surface area (Å²) < 4.78 is 4.10. The van der Waals surface area contributed by atoms with Crippen LogP contribution in [0.15, 0.2) is 0 Å². The Balaban J connectivity index is 1.45. The molecule has 2 atom stereocenters. The van der Waals surface area contributed by atoms with E-state index in [1.54, 1.807) is 0 Å². The molecule has 1 aromatic rings. The van der Waals surface area contributed by atoms with Gasteiger partial charge in [0.15, 0.2) is 0 Å². The van der Waals surface area contributed by atoms with Crippen molar-refractivity contribution >= 4 is 17.4 Å². The van der Waals surface area contributed by atoms with E-state index >= 15 is 0 Å². The van der Waals surface area contributed by atoms with E-state index in [1.807, 2.05) is 0 Å². The zero-order valence-electron chi connectivity index (χ0n) is 12.5. The first-order valence-electron chi connectivity index (χ1n) is 8.07. The number of nitrogens with zero attached hydrogens (tertiary/aromatic N) is 4. The summed E-state index contributed by atoms with van der Waals surface area (Å²) >= 11 is 1.52. The third-order valence-electron chi connectivity index (χ3n) is 5.41. The summed E-state index contributed by atoms with van der Waals surface area (Å²) in [6.45, 7) is 4.75. The second-order valence-corrected chi connectivity index (χ2v) is 7.56. The molecule has 2 bridgehead atoms. The molecule has 2 unspecified atom stereocenters. The lowest BCUT2D eigenvalue weighted by Gasteiger charge is -2.36. The SMILES string of the molecule is CC1CCN(C(=O)CN2C3CCC2c2snnc2C3)CC1. The van der Waals surface area contributed by atoms with Crippen molar-refractivity contribution in [3.05, 3.63) is 10.6 Å². The van der Waals surface area contributed by atoms with Crippen molar-refractivity contribution in [2.75, 3.05) is 19.6 Å². The first-order chi connectivity index (χ1) is 10.2. The molecular weight excluding hydrogens is 284 g/mol. The minimum Gasteiger partial charge on any atom is -0.342 e. The van der Waals surface area contributed by atoms with Crippen molar-refractivity contribution in [3.63, 3.8) is 0 Å². The lowest BCUT2D eigenvalue weighted by atomic mass is 9.99. The Bertz CT molecular complexity index is 538. The van der Waals surface area contributed by atoms with Gasteiger partial charge in [-0.25, -0.2) is 0 Å². The van der Waals surface area contributed by atoms with Crippen molar-refractivity contribution in [1.29, 1.82) is 0 Å². The average molecular weight is 306 g/mol. The molecule has 0 spiro atoms. The highest BCUT2D eigenvalue weighted by molar-refractivity contribution is 7.05. The molecule has 0 saturated carbocycles. The fourth-order valence-corrected chi connectivity index (χ4v) is 4.86. The van der Waals surface area contributed by atoms with Gasteiger partial charge in [0.25, 0.3) is 0 Å². The van der Waals surface area contributed by atoms with Gasteiger partial charge in [-0.15, -0.1) is 5.10 Å². The van der Waals surface area contributed by atoms with Crippen LogP contribution in [-0.4, -0.2) is 51.0 Å².